The van der Waals surface area contributed by atoms with E-state index in [1.807, 2.05) is 4.90 Å². The summed E-state index contributed by atoms with van der Waals surface area (Å²) in [6, 6.07) is 1.59. The summed E-state index contributed by atoms with van der Waals surface area (Å²) in [6.07, 6.45) is 2.30. The van der Waals surface area contributed by atoms with E-state index in [9.17, 15) is 9.59 Å². The number of nitrogens with two attached hydrogens (primary N) is 2. The Bertz CT molecular complexity index is 517. The SMILES string of the molecule is CC(=O)NC1CCN(c2ncc(N)cc2C(N)=O)C1. The van der Waals surface area contributed by atoms with Gasteiger partial charge in [-0.2, -0.15) is 0 Å². The van der Waals surface area contributed by atoms with Crippen LogP contribution >= 0.6 is 0 Å². The Kier molecular flexibility index (Phi) is 3.55. The van der Waals surface area contributed by atoms with Crippen molar-refractivity contribution in [3.8, 4) is 0 Å². The maximum atomic E-state index is 11.4. The number of nitrogens with zero attached hydrogens (tertiary/aromatic N) is 2. The Hall–Kier alpha value is -2.31. The normalized spacial score (nSPS) is 18.4. The molecule has 7 nitrogen and oxygen atoms in total. The zero-order chi connectivity index (χ0) is 14.0. The minimum Gasteiger partial charge on any atom is -0.397 e. The fourth-order valence-corrected chi connectivity index (χ4v) is 2.26. The minimum atomic E-state index is -0.558. The largest absolute Gasteiger partial charge is 0.397 e. The number of anilines is 2. The number of nitrogen functional groups attached to an aromatic ring is 1. The van der Waals surface area contributed by atoms with Crippen molar-refractivity contribution < 1.29 is 9.59 Å². The first-order valence-corrected chi connectivity index (χ1v) is 6.04. The lowest BCUT2D eigenvalue weighted by atomic mass is 10.2. The molecule has 5 N–H and O–H groups in total. The Balaban J connectivity index is 2.19. The third kappa shape index (κ3) is 2.93. The molecule has 1 saturated heterocycles. The number of carbonyl (C=O) groups excluding carboxylic acids is 2. The smallest absolute Gasteiger partial charge is 0.252 e. The summed E-state index contributed by atoms with van der Waals surface area (Å²) in [5.41, 5.74) is 11.7. The van der Waals surface area contributed by atoms with Crippen LogP contribution in [-0.2, 0) is 4.79 Å². The maximum Gasteiger partial charge on any atom is 0.252 e. The Labute approximate surface area is 111 Å². The van der Waals surface area contributed by atoms with Gasteiger partial charge in [-0.25, -0.2) is 4.98 Å². The van der Waals surface area contributed by atoms with E-state index in [0.717, 1.165) is 6.42 Å². The number of rotatable bonds is 3. The van der Waals surface area contributed by atoms with Crippen LogP contribution in [0.15, 0.2) is 12.3 Å². The lowest BCUT2D eigenvalue weighted by Crippen LogP contribution is -2.36. The fourth-order valence-electron chi connectivity index (χ4n) is 2.26. The molecule has 0 bridgehead atoms. The van der Waals surface area contributed by atoms with Gasteiger partial charge in [-0.1, -0.05) is 0 Å². The van der Waals surface area contributed by atoms with Gasteiger partial charge in [-0.3, -0.25) is 9.59 Å². The van der Waals surface area contributed by atoms with Crippen molar-refractivity contribution in [3.05, 3.63) is 17.8 Å². The van der Waals surface area contributed by atoms with Gasteiger partial charge in [0.05, 0.1) is 17.4 Å². The van der Waals surface area contributed by atoms with Gasteiger partial charge in [-0.05, 0) is 12.5 Å². The number of carbonyl (C=O) groups is 2. The van der Waals surface area contributed by atoms with Crippen molar-refractivity contribution in [2.24, 2.45) is 5.73 Å². The molecule has 1 fully saturated rings. The first kappa shape index (κ1) is 13.1. The molecule has 1 aromatic rings. The molecule has 0 saturated carbocycles. The van der Waals surface area contributed by atoms with Crippen molar-refractivity contribution in [1.82, 2.24) is 10.3 Å². The van der Waals surface area contributed by atoms with Gasteiger partial charge in [0.25, 0.3) is 5.91 Å². The molecule has 1 aromatic heterocycles. The number of nitrogens with one attached hydrogen (secondary N) is 1. The van der Waals surface area contributed by atoms with E-state index in [-0.39, 0.29) is 11.9 Å². The monoisotopic (exact) mass is 263 g/mol. The van der Waals surface area contributed by atoms with Gasteiger partial charge in [0.15, 0.2) is 0 Å². The van der Waals surface area contributed by atoms with Gasteiger partial charge in [-0.15, -0.1) is 0 Å². The van der Waals surface area contributed by atoms with Crippen molar-refractivity contribution >= 4 is 23.3 Å². The summed E-state index contributed by atoms with van der Waals surface area (Å²) in [4.78, 5) is 28.6. The molecule has 0 aliphatic carbocycles. The van der Waals surface area contributed by atoms with E-state index < -0.39 is 5.91 Å². The van der Waals surface area contributed by atoms with Crippen LogP contribution in [0.25, 0.3) is 0 Å². The Morgan fingerprint density at radius 3 is 2.89 bits per heavy atom. The molecule has 1 atom stereocenters. The molecule has 19 heavy (non-hydrogen) atoms. The van der Waals surface area contributed by atoms with Crippen molar-refractivity contribution in [3.63, 3.8) is 0 Å². The summed E-state index contributed by atoms with van der Waals surface area (Å²) < 4.78 is 0. The van der Waals surface area contributed by atoms with Gasteiger partial charge >= 0.3 is 0 Å². The van der Waals surface area contributed by atoms with Crippen LogP contribution in [0, 0.1) is 0 Å². The van der Waals surface area contributed by atoms with Gasteiger partial charge < -0.3 is 21.7 Å². The summed E-state index contributed by atoms with van der Waals surface area (Å²) in [7, 11) is 0. The molecular formula is C12H17N5O2. The van der Waals surface area contributed by atoms with E-state index in [4.69, 9.17) is 11.5 Å². The minimum absolute atomic E-state index is 0.0627. The van der Waals surface area contributed by atoms with E-state index in [1.165, 1.54) is 19.2 Å². The van der Waals surface area contributed by atoms with E-state index in [2.05, 4.69) is 10.3 Å². The number of amides is 2. The van der Waals surface area contributed by atoms with Gasteiger partial charge in [0.2, 0.25) is 5.91 Å². The summed E-state index contributed by atoms with van der Waals surface area (Å²) in [6.45, 7) is 2.80. The standard InChI is InChI=1S/C12H17N5O2/c1-7(18)16-9-2-3-17(6-9)12-10(11(14)19)4-8(13)5-15-12/h4-5,9H,2-3,6,13H2,1H3,(H2,14,19)(H,16,18). The predicted octanol–water partition coefficient (Wildman–Crippen LogP) is -0.522. The highest BCUT2D eigenvalue weighted by Crippen LogP contribution is 2.23. The quantitative estimate of drug-likeness (QED) is 0.678. The summed E-state index contributed by atoms with van der Waals surface area (Å²) in [5, 5.41) is 2.85. The van der Waals surface area contributed by atoms with E-state index in [1.54, 1.807) is 0 Å². The average molecular weight is 263 g/mol. The molecule has 102 valence electrons. The molecule has 2 amide bonds. The number of aromatic nitrogens is 1. The first-order valence-electron chi connectivity index (χ1n) is 6.04. The molecule has 2 rings (SSSR count). The molecule has 1 aliphatic heterocycles. The number of primary amides is 1. The van der Waals surface area contributed by atoms with Crippen LogP contribution in [0.5, 0.6) is 0 Å². The summed E-state index contributed by atoms with van der Waals surface area (Å²) in [5.74, 6) is -0.0976. The lowest BCUT2D eigenvalue weighted by Gasteiger charge is -2.20. The van der Waals surface area contributed by atoms with Crippen LogP contribution in [0.3, 0.4) is 0 Å². The second-order valence-electron chi connectivity index (χ2n) is 4.64. The Morgan fingerprint density at radius 1 is 1.53 bits per heavy atom. The third-order valence-electron chi connectivity index (χ3n) is 3.05. The van der Waals surface area contributed by atoms with E-state index >= 15 is 0 Å². The molecule has 0 spiro atoms. The summed E-state index contributed by atoms with van der Waals surface area (Å²) >= 11 is 0. The lowest BCUT2D eigenvalue weighted by molar-refractivity contribution is -0.119. The van der Waals surface area contributed by atoms with Crippen LogP contribution in [0.1, 0.15) is 23.7 Å². The highest BCUT2D eigenvalue weighted by molar-refractivity contribution is 5.98. The number of pyridine rings is 1. The molecule has 0 aromatic carbocycles. The highest BCUT2D eigenvalue weighted by Gasteiger charge is 2.26. The molecule has 1 unspecified atom stereocenters. The molecule has 1 aliphatic rings. The number of hydrogen-bond donors (Lipinski definition) is 3. The van der Waals surface area contributed by atoms with Gasteiger partial charge in [0, 0.05) is 26.1 Å². The maximum absolute atomic E-state index is 11.4. The van der Waals surface area contributed by atoms with E-state index in [0.29, 0.717) is 30.2 Å². The van der Waals surface area contributed by atoms with Crippen LogP contribution in [0.4, 0.5) is 11.5 Å². The van der Waals surface area contributed by atoms with Crippen LogP contribution < -0.4 is 21.7 Å². The Morgan fingerprint density at radius 2 is 2.26 bits per heavy atom. The van der Waals surface area contributed by atoms with Crippen molar-refractivity contribution in [2.45, 2.75) is 19.4 Å². The topological polar surface area (TPSA) is 114 Å². The molecular weight excluding hydrogens is 246 g/mol. The highest BCUT2D eigenvalue weighted by atomic mass is 16.1. The zero-order valence-corrected chi connectivity index (χ0v) is 10.7. The fraction of sp³-hybridized carbons (Fsp3) is 0.417. The number of hydrogen-bond acceptors (Lipinski definition) is 5. The third-order valence-corrected chi connectivity index (χ3v) is 3.05. The molecule has 7 heteroatoms. The van der Waals surface area contributed by atoms with Crippen molar-refractivity contribution in [1.29, 1.82) is 0 Å². The predicted molar refractivity (Wildman–Crippen MR) is 71.6 cm³/mol. The van der Waals surface area contributed by atoms with Crippen LogP contribution in [0.2, 0.25) is 0 Å². The molecule has 2 heterocycles. The van der Waals surface area contributed by atoms with Crippen LogP contribution in [-0.4, -0.2) is 35.9 Å². The second kappa shape index (κ2) is 5.13. The molecule has 0 radical (unpaired) electrons. The zero-order valence-electron chi connectivity index (χ0n) is 10.7. The van der Waals surface area contributed by atoms with Gasteiger partial charge in [0.1, 0.15) is 5.82 Å². The first-order chi connectivity index (χ1) is 8.97. The second-order valence-corrected chi connectivity index (χ2v) is 4.64. The van der Waals surface area contributed by atoms with Crippen molar-refractivity contribution in [2.75, 3.05) is 23.7 Å². The average Bonchev–Trinajstić information content (AvgIpc) is 2.76.